The number of rotatable bonds is 7. The summed E-state index contributed by atoms with van der Waals surface area (Å²) >= 11 is 0. The number of hydrogen-bond acceptors (Lipinski definition) is 5. The summed E-state index contributed by atoms with van der Waals surface area (Å²) in [5.74, 6) is -0.320. The molecule has 1 atom stereocenters. The van der Waals surface area contributed by atoms with Crippen LogP contribution in [-0.2, 0) is 14.8 Å². The van der Waals surface area contributed by atoms with E-state index in [4.69, 9.17) is 4.74 Å². The molecular formula is C27H31N3O4S. The first-order chi connectivity index (χ1) is 16.7. The Morgan fingerprint density at radius 1 is 0.971 bits per heavy atom. The van der Waals surface area contributed by atoms with Crippen LogP contribution < -0.4 is 14.9 Å². The van der Waals surface area contributed by atoms with Crippen molar-refractivity contribution in [3.63, 3.8) is 0 Å². The van der Waals surface area contributed by atoms with E-state index in [9.17, 15) is 13.2 Å². The molecule has 1 heterocycles. The van der Waals surface area contributed by atoms with Crippen molar-refractivity contribution in [3.8, 4) is 0 Å². The van der Waals surface area contributed by atoms with Crippen molar-refractivity contribution in [3.05, 3.63) is 89.0 Å². The van der Waals surface area contributed by atoms with Crippen LogP contribution in [-0.4, -0.2) is 40.6 Å². The number of carbonyl (C=O) groups excluding carboxylic acids is 1. The number of morpholine rings is 1. The lowest BCUT2D eigenvalue weighted by atomic mass is 10.1. The second-order valence-electron chi connectivity index (χ2n) is 8.84. The lowest BCUT2D eigenvalue weighted by molar-refractivity contribution is 0.0939. The molecule has 7 nitrogen and oxygen atoms in total. The van der Waals surface area contributed by atoms with Crippen molar-refractivity contribution in [2.45, 2.75) is 31.7 Å². The molecule has 0 saturated carbocycles. The largest absolute Gasteiger partial charge is 0.378 e. The monoisotopic (exact) mass is 493 g/mol. The molecule has 4 rings (SSSR count). The lowest BCUT2D eigenvalue weighted by Gasteiger charge is -2.29. The summed E-state index contributed by atoms with van der Waals surface area (Å²) in [6.45, 7) is 8.78. The molecule has 3 aromatic carbocycles. The average molecular weight is 494 g/mol. The fourth-order valence-electron chi connectivity index (χ4n) is 4.09. The van der Waals surface area contributed by atoms with Gasteiger partial charge in [0.2, 0.25) is 0 Å². The first kappa shape index (κ1) is 24.8. The highest BCUT2D eigenvalue weighted by Gasteiger charge is 2.20. The third-order valence-electron chi connectivity index (χ3n) is 6.15. The van der Waals surface area contributed by atoms with E-state index in [0.717, 1.165) is 43.1 Å². The normalized spacial score (nSPS) is 14.9. The van der Waals surface area contributed by atoms with Crippen LogP contribution in [0.15, 0.2) is 71.6 Å². The van der Waals surface area contributed by atoms with Gasteiger partial charge in [-0.25, -0.2) is 8.42 Å². The molecule has 0 bridgehead atoms. The van der Waals surface area contributed by atoms with E-state index in [1.165, 1.54) is 12.1 Å². The maximum atomic E-state index is 13.1. The minimum atomic E-state index is -3.84. The molecule has 184 valence electrons. The van der Waals surface area contributed by atoms with Crippen LogP contribution in [0.5, 0.6) is 0 Å². The molecule has 35 heavy (non-hydrogen) atoms. The molecule has 0 aromatic heterocycles. The maximum absolute atomic E-state index is 13.1. The minimum absolute atomic E-state index is 0.0391. The fourth-order valence-corrected chi connectivity index (χ4v) is 5.16. The van der Waals surface area contributed by atoms with Gasteiger partial charge in [-0.3, -0.25) is 9.52 Å². The van der Waals surface area contributed by atoms with Gasteiger partial charge in [0.1, 0.15) is 0 Å². The molecular weight excluding hydrogens is 462 g/mol. The summed E-state index contributed by atoms with van der Waals surface area (Å²) in [6, 6.07) is 19.6. The van der Waals surface area contributed by atoms with Gasteiger partial charge in [-0.1, -0.05) is 30.3 Å². The standard InChI is InChI=1S/C27H31N3O4S/c1-19-5-4-6-23(17-19)29-35(32,33)25-12-7-20(2)26(18-25)27(31)28-21(3)22-8-10-24(11-9-22)30-13-15-34-16-14-30/h4-12,17-18,21,29H,13-16H2,1-3H3,(H,28,31). The zero-order valence-electron chi connectivity index (χ0n) is 20.2. The molecule has 0 radical (unpaired) electrons. The average Bonchev–Trinajstić information content (AvgIpc) is 2.84. The second kappa shape index (κ2) is 10.5. The molecule has 1 amide bonds. The predicted octanol–water partition coefficient (Wildman–Crippen LogP) is 4.43. The van der Waals surface area contributed by atoms with E-state index in [2.05, 4.69) is 27.1 Å². The Bertz CT molecular complexity index is 1300. The zero-order valence-corrected chi connectivity index (χ0v) is 21.1. The quantitative estimate of drug-likeness (QED) is 0.508. The number of aryl methyl sites for hydroxylation is 2. The van der Waals surface area contributed by atoms with Gasteiger partial charge in [-0.05, 0) is 73.9 Å². The van der Waals surface area contributed by atoms with Crippen LogP contribution in [0.2, 0.25) is 0 Å². The number of carbonyl (C=O) groups is 1. The van der Waals surface area contributed by atoms with Crippen LogP contribution in [0, 0.1) is 13.8 Å². The Morgan fingerprint density at radius 2 is 1.69 bits per heavy atom. The van der Waals surface area contributed by atoms with Crippen molar-refractivity contribution in [1.82, 2.24) is 5.32 Å². The number of anilines is 2. The first-order valence-electron chi connectivity index (χ1n) is 11.7. The van der Waals surface area contributed by atoms with Gasteiger partial charge < -0.3 is 15.0 Å². The first-order valence-corrected chi connectivity index (χ1v) is 13.1. The van der Waals surface area contributed by atoms with Gasteiger partial charge in [-0.15, -0.1) is 0 Å². The molecule has 0 aliphatic carbocycles. The van der Waals surface area contributed by atoms with E-state index in [1.54, 1.807) is 31.2 Å². The van der Waals surface area contributed by atoms with E-state index in [-0.39, 0.29) is 16.8 Å². The number of amides is 1. The summed E-state index contributed by atoms with van der Waals surface area (Å²) in [6.07, 6.45) is 0. The van der Waals surface area contributed by atoms with Crippen LogP contribution in [0.25, 0.3) is 0 Å². The molecule has 0 spiro atoms. The Hall–Kier alpha value is -3.36. The van der Waals surface area contributed by atoms with Gasteiger partial charge in [0, 0.05) is 30.0 Å². The van der Waals surface area contributed by atoms with Gasteiger partial charge in [0.05, 0.1) is 24.2 Å². The number of ether oxygens (including phenoxy) is 1. The van der Waals surface area contributed by atoms with Crippen molar-refractivity contribution in [1.29, 1.82) is 0 Å². The lowest BCUT2D eigenvalue weighted by Crippen LogP contribution is -2.36. The number of benzene rings is 3. The van der Waals surface area contributed by atoms with E-state index >= 15 is 0 Å². The highest BCUT2D eigenvalue weighted by Crippen LogP contribution is 2.23. The van der Waals surface area contributed by atoms with Gasteiger partial charge in [-0.2, -0.15) is 0 Å². The molecule has 2 N–H and O–H groups in total. The van der Waals surface area contributed by atoms with E-state index in [0.29, 0.717) is 16.8 Å². The smallest absolute Gasteiger partial charge is 0.261 e. The van der Waals surface area contributed by atoms with Crippen LogP contribution in [0.3, 0.4) is 0 Å². The highest BCUT2D eigenvalue weighted by molar-refractivity contribution is 7.92. The number of sulfonamides is 1. The van der Waals surface area contributed by atoms with Crippen LogP contribution in [0.4, 0.5) is 11.4 Å². The molecule has 1 unspecified atom stereocenters. The van der Waals surface area contributed by atoms with Crippen LogP contribution in [0.1, 0.15) is 40.0 Å². The third kappa shape index (κ3) is 6.01. The maximum Gasteiger partial charge on any atom is 0.261 e. The molecule has 3 aromatic rings. The molecule has 1 aliphatic rings. The molecule has 1 aliphatic heterocycles. The summed E-state index contributed by atoms with van der Waals surface area (Å²) in [4.78, 5) is 15.4. The molecule has 1 saturated heterocycles. The Balaban J connectivity index is 1.47. The molecule has 8 heteroatoms. The second-order valence-corrected chi connectivity index (χ2v) is 10.5. The van der Waals surface area contributed by atoms with Crippen molar-refractivity contribution in [2.24, 2.45) is 0 Å². The van der Waals surface area contributed by atoms with Gasteiger partial charge in [0.25, 0.3) is 15.9 Å². The Labute approximate surface area is 207 Å². The molecule has 1 fully saturated rings. The van der Waals surface area contributed by atoms with Gasteiger partial charge >= 0.3 is 0 Å². The van der Waals surface area contributed by atoms with Gasteiger partial charge in [0.15, 0.2) is 0 Å². The summed E-state index contributed by atoms with van der Waals surface area (Å²) < 4.78 is 33.9. The number of nitrogens with one attached hydrogen (secondary N) is 2. The Morgan fingerprint density at radius 3 is 2.37 bits per heavy atom. The highest BCUT2D eigenvalue weighted by atomic mass is 32.2. The SMILES string of the molecule is Cc1cccc(NS(=O)(=O)c2ccc(C)c(C(=O)NC(C)c3ccc(N4CCOCC4)cc3)c2)c1. The fraction of sp³-hybridized carbons (Fsp3) is 0.296. The van der Waals surface area contributed by atoms with Crippen molar-refractivity contribution < 1.29 is 17.9 Å². The third-order valence-corrected chi connectivity index (χ3v) is 7.53. The van der Waals surface area contributed by atoms with Crippen molar-refractivity contribution >= 4 is 27.3 Å². The zero-order chi connectivity index (χ0) is 25.0. The summed E-state index contributed by atoms with van der Waals surface area (Å²) in [5.41, 5.74) is 4.55. The number of hydrogen-bond donors (Lipinski definition) is 2. The summed E-state index contributed by atoms with van der Waals surface area (Å²) in [5, 5.41) is 3.00. The van der Waals surface area contributed by atoms with Crippen molar-refractivity contribution in [2.75, 3.05) is 35.9 Å². The van der Waals surface area contributed by atoms with E-state index < -0.39 is 10.0 Å². The predicted molar refractivity (Wildman–Crippen MR) is 139 cm³/mol. The summed E-state index contributed by atoms with van der Waals surface area (Å²) in [7, 11) is -3.84. The Kier molecular flexibility index (Phi) is 7.42. The minimum Gasteiger partial charge on any atom is -0.378 e. The number of nitrogens with zero attached hydrogens (tertiary/aromatic N) is 1. The topological polar surface area (TPSA) is 87.7 Å². The van der Waals surface area contributed by atoms with E-state index in [1.807, 2.05) is 32.0 Å². The van der Waals surface area contributed by atoms with Crippen LogP contribution >= 0.6 is 0 Å².